The lowest BCUT2D eigenvalue weighted by atomic mass is 10.1. The molecule has 3 aromatic rings. The van der Waals surface area contributed by atoms with E-state index in [4.69, 9.17) is 0 Å². The van der Waals surface area contributed by atoms with Crippen molar-refractivity contribution in [2.24, 2.45) is 0 Å². The second-order valence-electron chi connectivity index (χ2n) is 4.96. The van der Waals surface area contributed by atoms with E-state index in [9.17, 15) is 4.39 Å². The number of nitrogens with zero attached hydrogens (tertiary/aromatic N) is 2. The molecule has 0 bridgehead atoms. The Labute approximate surface area is 117 Å². The molecule has 3 rings (SSSR count). The Kier molecular flexibility index (Phi) is 3.14. The average molecular weight is 269 g/mol. The molecule has 1 aromatic carbocycles. The Morgan fingerprint density at radius 3 is 2.70 bits per heavy atom. The van der Waals surface area contributed by atoms with Crippen LogP contribution in [0, 0.1) is 19.7 Å². The Balaban J connectivity index is 1.85. The van der Waals surface area contributed by atoms with Gasteiger partial charge in [-0.3, -0.25) is 4.40 Å². The normalized spacial score (nSPS) is 10.9. The molecule has 0 radical (unpaired) electrons. The number of rotatable bonds is 3. The summed E-state index contributed by atoms with van der Waals surface area (Å²) in [6.45, 7) is 4.24. The predicted molar refractivity (Wildman–Crippen MR) is 78.4 cm³/mol. The highest BCUT2D eigenvalue weighted by Crippen LogP contribution is 2.17. The fourth-order valence-electron chi connectivity index (χ4n) is 2.42. The minimum atomic E-state index is -0.120. The molecule has 3 nitrogen and oxygen atoms in total. The highest BCUT2D eigenvalue weighted by molar-refractivity contribution is 5.50. The molecule has 0 aliphatic carbocycles. The van der Waals surface area contributed by atoms with Crippen LogP contribution in [-0.2, 0) is 6.54 Å². The van der Waals surface area contributed by atoms with E-state index >= 15 is 0 Å². The second kappa shape index (κ2) is 4.96. The summed E-state index contributed by atoms with van der Waals surface area (Å²) < 4.78 is 15.6. The third kappa shape index (κ3) is 2.25. The summed E-state index contributed by atoms with van der Waals surface area (Å²) in [5.41, 5.74) is 3.34. The van der Waals surface area contributed by atoms with Crippen molar-refractivity contribution in [3.8, 4) is 0 Å². The molecular weight excluding hydrogens is 253 g/mol. The molecule has 0 unspecified atom stereocenters. The van der Waals surface area contributed by atoms with Crippen molar-refractivity contribution in [2.45, 2.75) is 20.4 Å². The molecule has 1 N–H and O–H groups in total. The van der Waals surface area contributed by atoms with E-state index in [-0.39, 0.29) is 5.82 Å². The lowest BCUT2D eigenvalue weighted by Gasteiger charge is -2.11. The number of pyridine rings is 1. The Morgan fingerprint density at radius 1 is 1.20 bits per heavy atom. The number of hydrogen-bond acceptors (Lipinski definition) is 2. The molecule has 0 saturated carbocycles. The number of benzene rings is 1. The number of halogens is 1. The van der Waals surface area contributed by atoms with Gasteiger partial charge in [0.15, 0.2) is 0 Å². The Bertz CT molecular complexity index is 738. The van der Waals surface area contributed by atoms with Gasteiger partial charge in [-0.15, -0.1) is 0 Å². The van der Waals surface area contributed by atoms with E-state index in [0.717, 1.165) is 17.0 Å². The fraction of sp³-hybridized carbons (Fsp3) is 0.188. The maximum atomic E-state index is 13.6. The molecule has 0 spiro atoms. The molecule has 0 atom stereocenters. The van der Waals surface area contributed by atoms with Gasteiger partial charge in [0.1, 0.15) is 17.3 Å². The van der Waals surface area contributed by atoms with Gasteiger partial charge >= 0.3 is 0 Å². The monoisotopic (exact) mass is 269 g/mol. The zero-order chi connectivity index (χ0) is 14.1. The maximum absolute atomic E-state index is 13.6. The van der Waals surface area contributed by atoms with Gasteiger partial charge in [0, 0.05) is 18.9 Å². The van der Waals surface area contributed by atoms with E-state index in [1.54, 1.807) is 20.0 Å². The van der Waals surface area contributed by atoms with Crippen molar-refractivity contribution >= 4 is 11.5 Å². The molecule has 0 saturated heterocycles. The lowest BCUT2D eigenvalue weighted by molar-refractivity contribution is 0.608. The standard InChI is InChI=1S/C16H16FN3/c1-11-8-13(9-12(2)16(11)17)10-19-15-5-3-4-14-18-6-7-20(14)15/h3-9,19H,10H2,1-2H3. The first-order valence-corrected chi connectivity index (χ1v) is 6.57. The molecular formula is C16H16FN3. The summed E-state index contributed by atoms with van der Waals surface area (Å²) in [5, 5.41) is 3.36. The number of fused-ring (bicyclic) bond motifs is 1. The van der Waals surface area contributed by atoms with Gasteiger partial charge in [-0.1, -0.05) is 18.2 Å². The van der Waals surface area contributed by atoms with Crippen molar-refractivity contribution < 1.29 is 4.39 Å². The molecule has 0 aliphatic rings. The minimum Gasteiger partial charge on any atom is -0.367 e. The highest BCUT2D eigenvalue weighted by atomic mass is 19.1. The first kappa shape index (κ1) is 12.7. The van der Waals surface area contributed by atoms with Gasteiger partial charge in [0.2, 0.25) is 0 Å². The molecule has 4 heteroatoms. The van der Waals surface area contributed by atoms with E-state index < -0.39 is 0 Å². The van der Waals surface area contributed by atoms with Crippen LogP contribution in [0.3, 0.4) is 0 Å². The number of nitrogens with one attached hydrogen (secondary N) is 1. The zero-order valence-corrected chi connectivity index (χ0v) is 11.5. The summed E-state index contributed by atoms with van der Waals surface area (Å²) in [4.78, 5) is 4.25. The van der Waals surface area contributed by atoms with E-state index in [0.29, 0.717) is 17.7 Å². The first-order chi connectivity index (χ1) is 9.65. The number of imidazole rings is 1. The Morgan fingerprint density at radius 2 is 1.95 bits per heavy atom. The second-order valence-corrected chi connectivity index (χ2v) is 4.96. The first-order valence-electron chi connectivity index (χ1n) is 6.57. The van der Waals surface area contributed by atoms with Crippen LogP contribution in [-0.4, -0.2) is 9.38 Å². The zero-order valence-electron chi connectivity index (χ0n) is 11.5. The molecule has 0 aliphatic heterocycles. The van der Waals surface area contributed by atoms with Gasteiger partial charge < -0.3 is 5.32 Å². The number of aromatic nitrogens is 2. The summed E-state index contributed by atoms with van der Waals surface area (Å²) in [6, 6.07) is 9.67. The molecule has 102 valence electrons. The third-order valence-electron chi connectivity index (χ3n) is 3.40. The van der Waals surface area contributed by atoms with Gasteiger partial charge in [-0.05, 0) is 42.7 Å². The molecule has 2 aromatic heterocycles. The van der Waals surface area contributed by atoms with Gasteiger partial charge in [-0.25, -0.2) is 9.37 Å². The predicted octanol–water partition coefficient (Wildman–Crippen LogP) is 3.70. The number of hydrogen-bond donors (Lipinski definition) is 1. The van der Waals surface area contributed by atoms with Gasteiger partial charge in [0.05, 0.1) is 0 Å². The van der Waals surface area contributed by atoms with Crippen molar-refractivity contribution in [3.05, 3.63) is 65.2 Å². The topological polar surface area (TPSA) is 29.3 Å². The molecule has 2 heterocycles. The number of aryl methyl sites for hydroxylation is 2. The van der Waals surface area contributed by atoms with Crippen LogP contribution in [0.15, 0.2) is 42.7 Å². The van der Waals surface area contributed by atoms with Crippen LogP contribution >= 0.6 is 0 Å². The quantitative estimate of drug-likeness (QED) is 0.785. The maximum Gasteiger partial charge on any atom is 0.138 e. The summed E-state index contributed by atoms with van der Waals surface area (Å²) in [7, 11) is 0. The molecule has 20 heavy (non-hydrogen) atoms. The summed E-state index contributed by atoms with van der Waals surface area (Å²) in [5.74, 6) is 0.852. The SMILES string of the molecule is Cc1cc(CNc2cccc3nccn23)cc(C)c1F. The van der Waals surface area contributed by atoms with Crippen LogP contribution in [0.1, 0.15) is 16.7 Å². The van der Waals surface area contributed by atoms with Gasteiger partial charge in [-0.2, -0.15) is 0 Å². The molecule has 0 amide bonds. The van der Waals surface area contributed by atoms with Crippen molar-refractivity contribution in [2.75, 3.05) is 5.32 Å². The van der Waals surface area contributed by atoms with E-state index in [1.807, 2.05) is 40.9 Å². The van der Waals surface area contributed by atoms with Crippen LogP contribution in [0.5, 0.6) is 0 Å². The van der Waals surface area contributed by atoms with Crippen LogP contribution < -0.4 is 5.32 Å². The van der Waals surface area contributed by atoms with E-state index in [2.05, 4.69) is 10.3 Å². The van der Waals surface area contributed by atoms with Crippen molar-refractivity contribution in [3.63, 3.8) is 0 Å². The van der Waals surface area contributed by atoms with E-state index in [1.165, 1.54) is 0 Å². The van der Waals surface area contributed by atoms with Crippen LogP contribution in [0.4, 0.5) is 10.2 Å². The minimum absolute atomic E-state index is 0.120. The summed E-state index contributed by atoms with van der Waals surface area (Å²) in [6.07, 6.45) is 3.69. The molecule has 0 fully saturated rings. The average Bonchev–Trinajstić information content (AvgIpc) is 2.91. The lowest BCUT2D eigenvalue weighted by Crippen LogP contribution is -2.05. The van der Waals surface area contributed by atoms with Crippen LogP contribution in [0.2, 0.25) is 0 Å². The number of anilines is 1. The Hall–Kier alpha value is -2.36. The van der Waals surface area contributed by atoms with Crippen molar-refractivity contribution in [1.82, 2.24) is 9.38 Å². The fourth-order valence-corrected chi connectivity index (χ4v) is 2.42. The third-order valence-corrected chi connectivity index (χ3v) is 3.40. The summed E-state index contributed by atoms with van der Waals surface area (Å²) >= 11 is 0. The highest BCUT2D eigenvalue weighted by Gasteiger charge is 2.05. The van der Waals surface area contributed by atoms with Crippen LogP contribution in [0.25, 0.3) is 5.65 Å². The van der Waals surface area contributed by atoms with Crippen molar-refractivity contribution in [1.29, 1.82) is 0 Å². The smallest absolute Gasteiger partial charge is 0.138 e. The largest absolute Gasteiger partial charge is 0.367 e. The van der Waals surface area contributed by atoms with Gasteiger partial charge in [0.25, 0.3) is 0 Å².